The summed E-state index contributed by atoms with van der Waals surface area (Å²) >= 11 is 0. The van der Waals surface area contributed by atoms with Crippen molar-refractivity contribution in [3.63, 3.8) is 0 Å². The number of nitrogens with zero attached hydrogens (tertiary/aromatic N) is 2. The zero-order chi connectivity index (χ0) is 21.3. The summed E-state index contributed by atoms with van der Waals surface area (Å²) in [5.74, 6) is 2.12. The van der Waals surface area contributed by atoms with E-state index in [1.54, 1.807) is 0 Å². The fourth-order valence-corrected chi connectivity index (χ4v) is 4.77. The van der Waals surface area contributed by atoms with Crippen LogP contribution in [0.5, 0.6) is 0 Å². The van der Waals surface area contributed by atoms with Crippen LogP contribution < -0.4 is 17.3 Å². The molecule has 0 atom stereocenters. The highest BCUT2D eigenvalue weighted by Gasteiger charge is 2.29. The molecule has 0 radical (unpaired) electrons. The van der Waals surface area contributed by atoms with E-state index in [0.29, 0.717) is 23.7 Å². The van der Waals surface area contributed by atoms with E-state index in [0.717, 1.165) is 13.1 Å². The van der Waals surface area contributed by atoms with E-state index in [2.05, 4.69) is 108 Å². The first-order chi connectivity index (χ1) is 13.7. The second-order valence-corrected chi connectivity index (χ2v) is 9.68. The molecule has 0 bridgehead atoms. The van der Waals surface area contributed by atoms with Crippen molar-refractivity contribution >= 4 is 17.7 Å². The molecular weight excluding hydrogens is 388 g/mol. The minimum Gasteiger partial charge on any atom is -1.00 e. The van der Waals surface area contributed by atoms with Gasteiger partial charge in [-0.1, -0.05) is 79.7 Å². The molecule has 2 nitrogen and oxygen atoms in total. The Morgan fingerprint density at radius 1 is 0.700 bits per heavy atom. The van der Waals surface area contributed by atoms with Crippen molar-refractivity contribution in [2.24, 2.45) is 0 Å². The van der Waals surface area contributed by atoms with Gasteiger partial charge < -0.3 is 12.4 Å². The van der Waals surface area contributed by atoms with Crippen LogP contribution in [0.4, 0.5) is 11.4 Å². The summed E-state index contributed by atoms with van der Waals surface area (Å²) in [5, 5.41) is 0. The quantitative estimate of drug-likeness (QED) is 0.621. The molecule has 30 heavy (non-hydrogen) atoms. The van der Waals surface area contributed by atoms with Crippen molar-refractivity contribution in [1.29, 1.82) is 0 Å². The van der Waals surface area contributed by atoms with Crippen LogP contribution in [0.3, 0.4) is 0 Å². The normalized spacial score (nSPS) is 14.1. The van der Waals surface area contributed by atoms with Crippen molar-refractivity contribution < 1.29 is 17.0 Å². The Labute approximate surface area is 190 Å². The van der Waals surface area contributed by atoms with Gasteiger partial charge in [-0.05, 0) is 46.9 Å². The van der Waals surface area contributed by atoms with Gasteiger partial charge in [-0.2, -0.15) is 0 Å². The van der Waals surface area contributed by atoms with Crippen LogP contribution >= 0.6 is 0 Å². The second kappa shape index (κ2) is 10.0. The molecular formula is C27H39ClN2. The van der Waals surface area contributed by atoms with Crippen LogP contribution in [0.2, 0.25) is 0 Å². The molecule has 0 N–H and O–H groups in total. The summed E-state index contributed by atoms with van der Waals surface area (Å²) in [6.45, 7) is 20.6. The molecule has 2 aromatic carbocycles. The van der Waals surface area contributed by atoms with Crippen LogP contribution in [0, 0.1) is 0 Å². The van der Waals surface area contributed by atoms with Crippen LogP contribution in [0.1, 0.15) is 101 Å². The van der Waals surface area contributed by atoms with Gasteiger partial charge >= 0.3 is 0 Å². The Kier molecular flexibility index (Phi) is 8.16. The van der Waals surface area contributed by atoms with E-state index in [1.807, 2.05) is 0 Å². The predicted molar refractivity (Wildman–Crippen MR) is 127 cm³/mol. The first-order valence-electron chi connectivity index (χ1n) is 11.4. The Morgan fingerprint density at radius 2 is 1.23 bits per heavy atom. The van der Waals surface area contributed by atoms with E-state index in [1.165, 1.54) is 33.6 Å². The van der Waals surface area contributed by atoms with Gasteiger partial charge in [0.1, 0.15) is 24.5 Å². The molecule has 0 saturated carbocycles. The second-order valence-electron chi connectivity index (χ2n) is 9.68. The lowest BCUT2D eigenvalue weighted by Gasteiger charge is -2.21. The average Bonchev–Trinajstić information content (AvgIpc) is 3.16. The third-order valence-corrected chi connectivity index (χ3v) is 6.11. The van der Waals surface area contributed by atoms with E-state index in [4.69, 9.17) is 0 Å². The molecule has 3 heteroatoms. The van der Waals surface area contributed by atoms with Gasteiger partial charge in [0.2, 0.25) is 6.34 Å². The molecule has 0 aromatic heterocycles. The van der Waals surface area contributed by atoms with E-state index < -0.39 is 0 Å². The number of rotatable bonds is 6. The van der Waals surface area contributed by atoms with Crippen LogP contribution in [0.25, 0.3) is 0 Å². The number of hydrogen-bond acceptors (Lipinski definition) is 1. The van der Waals surface area contributed by atoms with E-state index >= 15 is 0 Å². The molecule has 1 aliphatic heterocycles. The Morgan fingerprint density at radius 3 is 1.77 bits per heavy atom. The van der Waals surface area contributed by atoms with Gasteiger partial charge in [-0.15, -0.1) is 0 Å². The molecule has 164 valence electrons. The molecule has 0 spiro atoms. The zero-order valence-electron chi connectivity index (χ0n) is 20.0. The highest BCUT2D eigenvalue weighted by Crippen LogP contribution is 2.37. The summed E-state index contributed by atoms with van der Waals surface area (Å²) in [6.07, 6.45) is 2.34. The van der Waals surface area contributed by atoms with Gasteiger partial charge in [0, 0.05) is 11.1 Å². The maximum absolute atomic E-state index is 2.47. The molecule has 0 fully saturated rings. The lowest BCUT2D eigenvalue weighted by atomic mass is 9.89. The SMILES string of the molecule is CC(C)c1cccc(N2C=[N+](c3cccc(C(C)C)c3C(C)C)CC2)c1C(C)C.[Cl-]. The fraction of sp³-hybridized carbons (Fsp3) is 0.519. The molecule has 2 aromatic rings. The molecule has 0 unspecified atom stereocenters. The fourth-order valence-electron chi connectivity index (χ4n) is 4.77. The summed E-state index contributed by atoms with van der Waals surface area (Å²) in [4.78, 5) is 2.47. The monoisotopic (exact) mass is 426 g/mol. The summed E-state index contributed by atoms with van der Waals surface area (Å²) in [7, 11) is 0. The van der Waals surface area contributed by atoms with Crippen molar-refractivity contribution in [2.45, 2.75) is 79.1 Å². The number of hydrogen-bond donors (Lipinski definition) is 0. The maximum Gasteiger partial charge on any atom is 0.244 e. The van der Waals surface area contributed by atoms with Crippen LogP contribution in [-0.4, -0.2) is 24.0 Å². The Balaban J connectivity index is 0.00000320. The first kappa shape index (κ1) is 24.5. The lowest BCUT2D eigenvalue weighted by molar-refractivity contribution is -0.424. The number of anilines is 1. The minimum atomic E-state index is 0. The molecule has 3 rings (SSSR count). The third kappa shape index (κ3) is 4.75. The first-order valence-corrected chi connectivity index (χ1v) is 11.4. The van der Waals surface area contributed by atoms with Crippen molar-refractivity contribution in [3.05, 3.63) is 58.7 Å². The lowest BCUT2D eigenvalue weighted by Crippen LogP contribution is -3.00. The molecule has 1 heterocycles. The van der Waals surface area contributed by atoms with E-state index in [-0.39, 0.29) is 12.4 Å². The van der Waals surface area contributed by atoms with E-state index in [9.17, 15) is 0 Å². The van der Waals surface area contributed by atoms with Crippen molar-refractivity contribution in [2.75, 3.05) is 18.0 Å². The largest absolute Gasteiger partial charge is 1.00 e. The highest BCUT2D eigenvalue weighted by atomic mass is 35.5. The summed E-state index contributed by atoms with van der Waals surface area (Å²) in [6, 6.07) is 13.7. The third-order valence-electron chi connectivity index (χ3n) is 6.11. The topological polar surface area (TPSA) is 6.25 Å². The summed E-state index contributed by atoms with van der Waals surface area (Å²) < 4.78 is 2.47. The maximum atomic E-state index is 2.47. The Hall–Kier alpha value is -1.80. The standard InChI is InChI=1S/C27H39N2.ClH/c1-18(2)22-11-9-13-24(26(22)20(5)6)28-15-16-29(17-28)25-14-10-12-23(19(3)4)27(25)21(7)8;/h9-14,17-21H,15-16H2,1-8H3;1H/q+1;/p-1. The predicted octanol–water partition coefficient (Wildman–Crippen LogP) is 4.38. The van der Waals surface area contributed by atoms with Gasteiger partial charge in [-0.25, -0.2) is 9.48 Å². The Bertz CT molecular complexity index is 894. The average molecular weight is 427 g/mol. The van der Waals surface area contributed by atoms with Crippen LogP contribution in [-0.2, 0) is 0 Å². The molecule has 0 aliphatic carbocycles. The van der Waals surface area contributed by atoms with Gasteiger partial charge in [0.15, 0.2) is 0 Å². The van der Waals surface area contributed by atoms with Crippen LogP contribution in [0.15, 0.2) is 36.4 Å². The van der Waals surface area contributed by atoms with Gasteiger partial charge in [-0.3, -0.25) is 0 Å². The number of halogens is 1. The van der Waals surface area contributed by atoms with Crippen molar-refractivity contribution in [1.82, 2.24) is 0 Å². The molecule has 0 saturated heterocycles. The van der Waals surface area contributed by atoms with Crippen molar-refractivity contribution in [3.8, 4) is 0 Å². The molecule has 1 aliphatic rings. The molecule has 0 amide bonds. The summed E-state index contributed by atoms with van der Waals surface area (Å²) in [5.41, 5.74) is 8.71. The smallest absolute Gasteiger partial charge is 0.244 e. The van der Waals surface area contributed by atoms with Gasteiger partial charge in [0.05, 0.1) is 0 Å². The number of benzene rings is 2. The minimum absolute atomic E-state index is 0. The highest BCUT2D eigenvalue weighted by molar-refractivity contribution is 5.81. The van der Waals surface area contributed by atoms with Gasteiger partial charge in [0.25, 0.3) is 0 Å². The zero-order valence-corrected chi connectivity index (χ0v) is 20.8.